The number of benzene rings is 1. The number of likely N-dealkylation sites (tertiary alicyclic amines) is 1. The maximum Gasteiger partial charge on any atom is 0.253 e. The fourth-order valence-electron chi connectivity index (χ4n) is 4.27. The van der Waals surface area contributed by atoms with Gasteiger partial charge in [0.25, 0.3) is 5.91 Å². The number of nitrogens with zero attached hydrogens (tertiary/aromatic N) is 4. The van der Waals surface area contributed by atoms with E-state index in [0.29, 0.717) is 6.54 Å². The molecule has 2 aliphatic rings. The minimum absolute atomic E-state index is 0.0659. The summed E-state index contributed by atoms with van der Waals surface area (Å²) in [5.41, 5.74) is 2.85. The predicted molar refractivity (Wildman–Crippen MR) is 105 cm³/mol. The first-order valence-electron chi connectivity index (χ1n) is 9.85. The van der Waals surface area contributed by atoms with Crippen molar-refractivity contribution in [2.45, 2.75) is 38.3 Å². The molecule has 1 aromatic carbocycles. The van der Waals surface area contributed by atoms with Crippen LogP contribution in [0.2, 0.25) is 0 Å². The molecule has 150 valence electrons. The Morgan fingerprint density at radius 3 is 2.71 bits per heavy atom. The smallest absolute Gasteiger partial charge is 0.253 e. The van der Waals surface area contributed by atoms with Crippen molar-refractivity contribution < 1.29 is 13.9 Å². The Morgan fingerprint density at radius 1 is 1.21 bits per heavy atom. The predicted octanol–water partition coefficient (Wildman–Crippen LogP) is 2.66. The van der Waals surface area contributed by atoms with Gasteiger partial charge in [0.15, 0.2) is 0 Å². The van der Waals surface area contributed by atoms with E-state index in [-0.39, 0.29) is 23.9 Å². The number of morpholine rings is 1. The van der Waals surface area contributed by atoms with Crippen LogP contribution in [0.3, 0.4) is 0 Å². The highest BCUT2D eigenvalue weighted by Gasteiger charge is 2.41. The van der Waals surface area contributed by atoms with Gasteiger partial charge in [-0.2, -0.15) is 5.10 Å². The summed E-state index contributed by atoms with van der Waals surface area (Å²) in [6, 6.07) is 6.13. The second-order valence-electron chi connectivity index (χ2n) is 7.96. The molecule has 0 radical (unpaired) electrons. The molecule has 2 aliphatic heterocycles. The maximum atomic E-state index is 13.3. The highest BCUT2D eigenvalue weighted by atomic mass is 19.1. The molecule has 7 heteroatoms. The van der Waals surface area contributed by atoms with Gasteiger partial charge in [0.2, 0.25) is 0 Å². The van der Waals surface area contributed by atoms with Crippen molar-refractivity contribution in [3.63, 3.8) is 0 Å². The zero-order valence-corrected chi connectivity index (χ0v) is 16.5. The van der Waals surface area contributed by atoms with E-state index >= 15 is 0 Å². The summed E-state index contributed by atoms with van der Waals surface area (Å²) in [6.45, 7) is 5.49. The molecule has 0 N–H and O–H groups in total. The molecular formula is C21H27FN4O2. The Balaban J connectivity index is 1.46. The fraction of sp³-hybridized carbons (Fsp3) is 0.524. The van der Waals surface area contributed by atoms with Gasteiger partial charge in [-0.05, 0) is 62.6 Å². The van der Waals surface area contributed by atoms with Crippen molar-refractivity contribution in [1.29, 1.82) is 0 Å². The Kier molecular flexibility index (Phi) is 5.21. The van der Waals surface area contributed by atoms with Crippen LogP contribution in [0.4, 0.5) is 10.1 Å². The number of halogens is 1. The molecule has 28 heavy (non-hydrogen) atoms. The van der Waals surface area contributed by atoms with Crippen molar-refractivity contribution >= 4 is 11.6 Å². The van der Waals surface area contributed by atoms with E-state index in [4.69, 9.17) is 4.74 Å². The highest BCUT2D eigenvalue weighted by Crippen LogP contribution is 2.33. The largest absolute Gasteiger partial charge is 0.363 e. The molecule has 3 heterocycles. The summed E-state index contributed by atoms with van der Waals surface area (Å²) in [5.74, 6) is -0.362. The van der Waals surface area contributed by atoms with Crippen molar-refractivity contribution in [2.24, 2.45) is 7.05 Å². The summed E-state index contributed by atoms with van der Waals surface area (Å²) in [7, 11) is 1.98. The number of hydrogen-bond acceptors (Lipinski definition) is 4. The standard InChI is InChI=1S/C21H27FN4O2/c1-16-12-23-24(2)19(16)13-25-10-3-8-21(9-11-25)15-26(20(27)14-28-21)18-6-4-17(22)5-7-18/h4-7,12H,3,8-11,13-15H2,1-2H3. The minimum Gasteiger partial charge on any atom is -0.363 e. The van der Waals surface area contributed by atoms with Crippen LogP contribution in [0.1, 0.15) is 30.5 Å². The Bertz CT molecular complexity index is 831. The number of carbonyl (C=O) groups is 1. The number of carbonyl (C=O) groups excluding carboxylic acids is 1. The van der Waals surface area contributed by atoms with E-state index in [0.717, 1.165) is 44.6 Å². The summed E-state index contributed by atoms with van der Waals surface area (Å²) >= 11 is 0. The first kappa shape index (κ1) is 19.1. The molecule has 1 unspecified atom stereocenters. The van der Waals surface area contributed by atoms with Gasteiger partial charge in [0, 0.05) is 25.8 Å². The van der Waals surface area contributed by atoms with Crippen LogP contribution in [-0.4, -0.2) is 52.4 Å². The topological polar surface area (TPSA) is 50.6 Å². The van der Waals surface area contributed by atoms with E-state index in [9.17, 15) is 9.18 Å². The van der Waals surface area contributed by atoms with Gasteiger partial charge < -0.3 is 9.64 Å². The molecule has 0 bridgehead atoms. The number of amides is 1. The van der Waals surface area contributed by atoms with Crippen molar-refractivity contribution in [1.82, 2.24) is 14.7 Å². The molecule has 2 fully saturated rings. The van der Waals surface area contributed by atoms with Crippen LogP contribution < -0.4 is 4.90 Å². The summed E-state index contributed by atoms with van der Waals surface area (Å²) in [5, 5.41) is 4.34. The van der Waals surface area contributed by atoms with Crippen LogP contribution in [0.15, 0.2) is 30.5 Å². The third-order valence-electron chi connectivity index (χ3n) is 6.02. The maximum absolute atomic E-state index is 13.3. The van der Waals surface area contributed by atoms with E-state index in [1.807, 2.05) is 17.9 Å². The number of aromatic nitrogens is 2. The molecule has 0 saturated carbocycles. The molecule has 1 spiro atoms. The first-order chi connectivity index (χ1) is 13.5. The van der Waals surface area contributed by atoms with Crippen molar-refractivity contribution in [2.75, 3.05) is 31.1 Å². The summed E-state index contributed by atoms with van der Waals surface area (Å²) in [6.07, 6.45) is 4.71. The third-order valence-corrected chi connectivity index (χ3v) is 6.02. The van der Waals surface area contributed by atoms with Crippen LogP contribution in [0, 0.1) is 12.7 Å². The fourth-order valence-corrected chi connectivity index (χ4v) is 4.27. The Hall–Kier alpha value is -2.25. The molecule has 6 nitrogen and oxygen atoms in total. The quantitative estimate of drug-likeness (QED) is 0.814. The van der Waals surface area contributed by atoms with Crippen molar-refractivity contribution in [3.8, 4) is 0 Å². The van der Waals surface area contributed by atoms with Gasteiger partial charge in [-0.25, -0.2) is 4.39 Å². The average Bonchev–Trinajstić information content (AvgIpc) is 2.89. The second-order valence-corrected chi connectivity index (χ2v) is 7.96. The number of aryl methyl sites for hydroxylation is 2. The lowest BCUT2D eigenvalue weighted by Crippen LogP contribution is -2.55. The number of rotatable bonds is 3. The molecule has 0 aliphatic carbocycles. The zero-order valence-electron chi connectivity index (χ0n) is 16.5. The highest BCUT2D eigenvalue weighted by molar-refractivity contribution is 5.95. The van der Waals surface area contributed by atoms with E-state index in [1.54, 1.807) is 17.0 Å². The molecule has 2 saturated heterocycles. The van der Waals surface area contributed by atoms with Gasteiger partial charge in [-0.3, -0.25) is 14.4 Å². The van der Waals surface area contributed by atoms with Gasteiger partial charge in [0.05, 0.1) is 24.0 Å². The molecular weight excluding hydrogens is 359 g/mol. The Morgan fingerprint density at radius 2 is 2.00 bits per heavy atom. The average molecular weight is 386 g/mol. The molecule has 1 amide bonds. The summed E-state index contributed by atoms with van der Waals surface area (Å²) < 4.78 is 21.3. The van der Waals surface area contributed by atoms with Gasteiger partial charge >= 0.3 is 0 Å². The van der Waals surface area contributed by atoms with Gasteiger partial charge in [0.1, 0.15) is 12.4 Å². The second kappa shape index (κ2) is 7.64. The number of hydrogen-bond donors (Lipinski definition) is 0. The minimum atomic E-state index is -0.335. The van der Waals surface area contributed by atoms with Crippen molar-refractivity contribution in [3.05, 3.63) is 47.5 Å². The normalized spacial score (nSPS) is 24.0. The first-order valence-corrected chi connectivity index (χ1v) is 9.85. The third kappa shape index (κ3) is 3.82. The lowest BCUT2D eigenvalue weighted by Gasteiger charge is -2.42. The molecule has 1 atom stereocenters. The summed E-state index contributed by atoms with van der Waals surface area (Å²) in [4.78, 5) is 16.6. The molecule has 1 aromatic heterocycles. The van der Waals surface area contributed by atoms with Crippen LogP contribution in [-0.2, 0) is 23.1 Å². The van der Waals surface area contributed by atoms with Crippen LogP contribution >= 0.6 is 0 Å². The molecule has 2 aromatic rings. The Labute approximate surface area is 164 Å². The van der Waals surface area contributed by atoms with E-state index < -0.39 is 0 Å². The lowest BCUT2D eigenvalue weighted by molar-refractivity contribution is -0.140. The van der Waals surface area contributed by atoms with Crippen LogP contribution in [0.25, 0.3) is 0 Å². The SMILES string of the molecule is Cc1cnn(C)c1CN1CCCC2(CC1)CN(c1ccc(F)cc1)C(=O)CO2. The van der Waals surface area contributed by atoms with Gasteiger partial charge in [-0.15, -0.1) is 0 Å². The number of anilines is 1. The van der Waals surface area contributed by atoms with Crippen LogP contribution in [0.5, 0.6) is 0 Å². The lowest BCUT2D eigenvalue weighted by atomic mass is 9.92. The molecule has 4 rings (SSSR count). The zero-order chi connectivity index (χ0) is 19.7. The van der Waals surface area contributed by atoms with E-state index in [1.165, 1.54) is 23.4 Å². The number of ether oxygens (including phenoxy) is 1. The van der Waals surface area contributed by atoms with E-state index in [2.05, 4.69) is 16.9 Å². The monoisotopic (exact) mass is 386 g/mol. The van der Waals surface area contributed by atoms with Gasteiger partial charge in [-0.1, -0.05) is 0 Å².